The summed E-state index contributed by atoms with van der Waals surface area (Å²) in [5.74, 6) is -0.000697. The Bertz CT molecular complexity index is 777. The van der Waals surface area contributed by atoms with Crippen molar-refractivity contribution in [2.45, 2.75) is 45.2 Å². The average molecular weight is 313 g/mol. The quantitative estimate of drug-likeness (QED) is 0.934. The second-order valence-corrected chi connectivity index (χ2v) is 6.90. The molecule has 1 aliphatic heterocycles. The monoisotopic (exact) mass is 313 g/mol. The van der Waals surface area contributed by atoms with Gasteiger partial charge in [-0.05, 0) is 39.2 Å². The van der Waals surface area contributed by atoms with Crippen LogP contribution in [0.15, 0.2) is 6.07 Å². The highest BCUT2D eigenvalue weighted by Crippen LogP contribution is 2.30. The summed E-state index contributed by atoms with van der Waals surface area (Å²) in [7, 11) is 1.87. The molecule has 122 valence electrons. The number of amides is 1. The molecule has 0 aromatic carbocycles. The third-order valence-electron chi connectivity index (χ3n) is 4.96. The summed E-state index contributed by atoms with van der Waals surface area (Å²) >= 11 is 0. The largest absolute Gasteiger partial charge is 0.348 e. The van der Waals surface area contributed by atoms with Crippen LogP contribution >= 0.6 is 0 Å². The van der Waals surface area contributed by atoms with Gasteiger partial charge in [0.25, 0.3) is 5.91 Å². The number of aryl methyl sites for hydroxylation is 3. The second kappa shape index (κ2) is 5.30. The van der Waals surface area contributed by atoms with Gasteiger partial charge in [0.05, 0.1) is 16.6 Å². The number of nitrogens with one attached hydrogen (secondary N) is 1. The molecular formula is C17H23N5O. The Hall–Kier alpha value is -1.95. The standard InChI is InChI=1S/C17H23N5O/c1-10-8-14(15-11(2)20-21(3)16(15)18-10)17(23)19-12-6-7-22(9-12)13-4-5-13/h8,12-13H,4-7,9H2,1-3H3,(H,19,23)/t12-/m1/s1. The van der Waals surface area contributed by atoms with Crippen LogP contribution in [0.25, 0.3) is 11.0 Å². The van der Waals surface area contributed by atoms with E-state index in [-0.39, 0.29) is 11.9 Å². The lowest BCUT2D eigenvalue weighted by atomic mass is 10.1. The van der Waals surface area contributed by atoms with Crippen molar-refractivity contribution in [2.24, 2.45) is 7.05 Å². The topological polar surface area (TPSA) is 63.1 Å². The molecule has 1 N–H and O–H groups in total. The summed E-state index contributed by atoms with van der Waals surface area (Å²) in [4.78, 5) is 19.9. The molecule has 1 aliphatic carbocycles. The van der Waals surface area contributed by atoms with Crippen molar-refractivity contribution in [2.75, 3.05) is 13.1 Å². The number of hydrogen-bond donors (Lipinski definition) is 1. The van der Waals surface area contributed by atoms with E-state index in [1.807, 2.05) is 27.0 Å². The highest BCUT2D eigenvalue weighted by atomic mass is 16.1. The molecule has 0 spiro atoms. The molecule has 6 nitrogen and oxygen atoms in total. The average Bonchev–Trinajstić information content (AvgIpc) is 3.19. The zero-order valence-corrected chi connectivity index (χ0v) is 14.0. The Labute approximate surface area is 135 Å². The van der Waals surface area contributed by atoms with Crippen LogP contribution in [0, 0.1) is 13.8 Å². The highest BCUT2D eigenvalue weighted by Gasteiger charge is 2.35. The predicted molar refractivity (Wildman–Crippen MR) is 88.4 cm³/mol. The van der Waals surface area contributed by atoms with Gasteiger partial charge < -0.3 is 5.32 Å². The van der Waals surface area contributed by atoms with Gasteiger partial charge in [-0.2, -0.15) is 5.10 Å². The number of likely N-dealkylation sites (tertiary alicyclic amines) is 1. The Morgan fingerprint density at radius 3 is 2.83 bits per heavy atom. The van der Waals surface area contributed by atoms with Gasteiger partial charge >= 0.3 is 0 Å². The van der Waals surface area contributed by atoms with E-state index in [4.69, 9.17) is 0 Å². The Morgan fingerprint density at radius 2 is 2.09 bits per heavy atom. The number of fused-ring (bicyclic) bond motifs is 1. The molecule has 0 radical (unpaired) electrons. The first-order chi connectivity index (χ1) is 11.0. The van der Waals surface area contributed by atoms with Gasteiger partial charge in [-0.15, -0.1) is 0 Å². The molecule has 0 bridgehead atoms. The van der Waals surface area contributed by atoms with Crippen molar-refractivity contribution < 1.29 is 4.79 Å². The second-order valence-electron chi connectivity index (χ2n) is 6.90. The SMILES string of the molecule is Cc1cc(C(=O)N[C@@H]2CCN(C3CC3)C2)c2c(C)nn(C)c2n1. The zero-order valence-electron chi connectivity index (χ0n) is 14.0. The van der Waals surface area contributed by atoms with Gasteiger partial charge in [0.1, 0.15) is 0 Å². The van der Waals surface area contributed by atoms with Crippen molar-refractivity contribution in [3.05, 3.63) is 23.0 Å². The van der Waals surface area contributed by atoms with Gasteiger partial charge in [-0.1, -0.05) is 0 Å². The van der Waals surface area contributed by atoms with Gasteiger partial charge in [0, 0.05) is 37.9 Å². The van der Waals surface area contributed by atoms with E-state index in [1.54, 1.807) is 4.68 Å². The minimum absolute atomic E-state index is 0.000697. The lowest BCUT2D eigenvalue weighted by Crippen LogP contribution is -2.37. The first-order valence-corrected chi connectivity index (χ1v) is 8.39. The van der Waals surface area contributed by atoms with Crippen molar-refractivity contribution >= 4 is 16.9 Å². The number of carbonyl (C=O) groups excluding carboxylic acids is 1. The van der Waals surface area contributed by atoms with E-state index in [0.717, 1.165) is 48.0 Å². The van der Waals surface area contributed by atoms with Crippen LogP contribution in [0.1, 0.15) is 41.0 Å². The first kappa shape index (κ1) is 14.6. The molecule has 1 amide bonds. The van der Waals surface area contributed by atoms with Crippen LogP contribution < -0.4 is 5.32 Å². The van der Waals surface area contributed by atoms with Crippen molar-refractivity contribution in [3.8, 4) is 0 Å². The van der Waals surface area contributed by atoms with Gasteiger partial charge in [0.15, 0.2) is 5.65 Å². The number of hydrogen-bond acceptors (Lipinski definition) is 4. The summed E-state index contributed by atoms with van der Waals surface area (Å²) < 4.78 is 1.75. The molecule has 2 aromatic heterocycles. The van der Waals surface area contributed by atoms with Crippen LogP contribution in [0.4, 0.5) is 0 Å². The fourth-order valence-electron chi connectivity index (χ4n) is 3.69. The molecule has 1 saturated carbocycles. The molecule has 4 rings (SSSR count). The molecule has 1 atom stereocenters. The van der Waals surface area contributed by atoms with Crippen LogP contribution in [-0.4, -0.2) is 50.7 Å². The highest BCUT2D eigenvalue weighted by molar-refractivity contribution is 6.06. The van der Waals surface area contributed by atoms with Crippen LogP contribution in [-0.2, 0) is 7.05 Å². The molecule has 0 unspecified atom stereocenters. The number of carbonyl (C=O) groups is 1. The summed E-state index contributed by atoms with van der Waals surface area (Å²) in [6, 6.07) is 2.90. The molecule has 2 aliphatic rings. The summed E-state index contributed by atoms with van der Waals surface area (Å²) in [6.07, 6.45) is 3.68. The third kappa shape index (κ3) is 2.61. The summed E-state index contributed by atoms with van der Waals surface area (Å²) in [6.45, 7) is 5.94. The maximum atomic E-state index is 12.8. The minimum atomic E-state index is -0.000697. The Kier molecular flexibility index (Phi) is 3.37. The first-order valence-electron chi connectivity index (χ1n) is 8.39. The fraction of sp³-hybridized carbons (Fsp3) is 0.588. The Morgan fingerprint density at radius 1 is 1.30 bits per heavy atom. The minimum Gasteiger partial charge on any atom is -0.348 e. The molecular weight excluding hydrogens is 290 g/mol. The van der Waals surface area contributed by atoms with Crippen molar-refractivity contribution in [3.63, 3.8) is 0 Å². The predicted octanol–water partition coefficient (Wildman–Crippen LogP) is 1.55. The number of nitrogens with zero attached hydrogens (tertiary/aromatic N) is 4. The molecule has 2 aromatic rings. The smallest absolute Gasteiger partial charge is 0.252 e. The van der Waals surface area contributed by atoms with E-state index in [9.17, 15) is 4.79 Å². The number of rotatable bonds is 3. The van der Waals surface area contributed by atoms with Crippen LogP contribution in [0.3, 0.4) is 0 Å². The van der Waals surface area contributed by atoms with Gasteiger partial charge in [-0.3, -0.25) is 14.4 Å². The van der Waals surface area contributed by atoms with E-state index in [1.165, 1.54) is 12.8 Å². The van der Waals surface area contributed by atoms with E-state index >= 15 is 0 Å². The lowest BCUT2D eigenvalue weighted by molar-refractivity contribution is 0.0939. The normalized spacial score (nSPS) is 22.0. The molecule has 1 saturated heterocycles. The summed E-state index contributed by atoms with van der Waals surface area (Å²) in [5.41, 5.74) is 3.17. The van der Waals surface area contributed by atoms with Crippen molar-refractivity contribution in [1.82, 2.24) is 25.0 Å². The molecule has 2 fully saturated rings. The lowest BCUT2D eigenvalue weighted by Gasteiger charge is -2.16. The van der Waals surface area contributed by atoms with Crippen LogP contribution in [0.2, 0.25) is 0 Å². The van der Waals surface area contributed by atoms with Gasteiger partial charge in [0.2, 0.25) is 0 Å². The molecule has 23 heavy (non-hydrogen) atoms. The zero-order chi connectivity index (χ0) is 16.1. The van der Waals surface area contributed by atoms with Crippen LogP contribution in [0.5, 0.6) is 0 Å². The maximum absolute atomic E-state index is 12.8. The molecule has 6 heteroatoms. The molecule has 3 heterocycles. The van der Waals surface area contributed by atoms with E-state index < -0.39 is 0 Å². The maximum Gasteiger partial charge on any atom is 0.252 e. The summed E-state index contributed by atoms with van der Waals surface area (Å²) in [5, 5.41) is 8.50. The van der Waals surface area contributed by atoms with Gasteiger partial charge in [-0.25, -0.2) is 4.98 Å². The third-order valence-corrected chi connectivity index (χ3v) is 4.96. The Balaban J connectivity index is 1.59. The van der Waals surface area contributed by atoms with E-state index in [0.29, 0.717) is 5.56 Å². The van der Waals surface area contributed by atoms with Crippen molar-refractivity contribution in [1.29, 1.82) is 0 Å². The number of pyridine rings is 1. The fourth-order valence-corrected chi connectivity index (χ4v) is 3.69. The number of aromatic nitrogens is 3. The van der Waals surface area contributed by atoms with E-state index in [2.05, 4.69) is 20.3 Å².